The lowest BCUT2D eigenvalue weighted by Crippen LogP contribution is -2.48. The van der Waals surface area contributed by atoms with Crippen molar-refractivity contribution >= 4 is 48.8 Å². The summed E-state index contributed by atoms with van der Waals surface area (Å²) in [5.74, 6) is -1.19. The van der Waals surface area contributed by atoms with Crippen molar-refractivity contribution in [3.8, 4) is 0 Å². The average Bonchev–Trinajstić information content (AvgIpc) is 3.60. The van der Waals surface area contributed by atoms with Gasteiger partial charge in [0, 0.05) is 42.1 Å². The molecule has 0 bridgehead atoms. The van der Waals surface area contributed by atoms with Crippen molar-refractivity contribution in [3.05, 3.63) is 125 Å². The Labute approximate surface area is 310 Å². The van der Waals surface area contributed by atoms with Crippen molar-refractivity contribution in [3.63, 3.8) is 0 Å². The maximum Gasteiger partial charge on any atom is 0.268 e. The molecule has 1 spiro atoms. The summed E-state index contributed by atoms with van der Waals surface area (Å²) in [6, 6.07) is 32.2. The molecule has 1 fully saturated rings. The molecular weight excluding hydrogens is 685 g/mol. The number of hydrogen-bond donors (Lipinski definition) is 2. The predicted molar refractivity (Wildman–Crippen MR) is 205 cm³/mol. The van der Waals surface area contributed by atoms with E-state index >= 15 is 4.79 Å². The Balaban J connectivity index is 1.21. The van der Waals surface area contributed by atoms with Crippen LogP contribution < -0.4 is 9.91 Å². The van der Waals surface area contributed by atoms with Crippen LogP contribution in [0, 0.1) is 5.92 Å². The molecule has 4 aromatic carbocycles. The van der Waals surface area contributed by atoms with Gasteiger partial charge in [0.1, 0.15) is 0 Å². The molecule has 4 aliphatic rings. The Morgan fingerprint density at radius 3 is 2.28 bits per heavy atom. The monoisotopic (exact) mass is 728 g/mol. The number of anilines is 3. The van der Waals surface area contributed by atoms with Crippen LogP contribution in [0.1, 0.15) is 48.4 Å². The van der Waals surface area contributed by atoms with Gasteiger partial charge in [0.05, 0.1) is 42.3 Å². The van der Waals surface area contributed by atoms with Gasteiger partial charge in [-0.1, -0.05) is 79.7 Å². The summed E-state index contributed by atoms with van der Waals surface area (Å²) in [6.45, 7) is 5.79. The molecule has 4 aliphatic heterocycles. The van der Waals surface area contributed by atoms with Crippen LogP contribution in [0.4, 0.5) is 17.1 Å². The second kappa shape index (κ2) is 13.5. The molecule has 0 unspecified atom stereocenters. The van der Waals surface area contributed by atoms with E-state index in [9.17, 15) is 19.5 Å². The molecule has 0 aromatic heterocycles. The predicted octanol–water partition coefficient (Wildman–Crippen LogP) is 6.03. The maximum absolute atomic E-state index is 15.1. The van der Waals surface area contributed by atoms with Crippen LogP contribution in [0.5, 0.6) is 0 Å². The smallest absolute Gasteiger partial charge is 0.268 e. The van der Waals surface area contributed by atoms with Crippen molar-refractivity contribution < 1.29 is 29.0 Å². The first-order valence-electron chi connectivity index (χ1n) is 18.4. The fourth-order valence-electron chi connectivity index (χ4n) is 9.08. The first-order chi connectivity index (χ1) is 25.5. The second-order valence-corrected chi connectivity index (χ2v) is 19.2. The Kier molecular flexibility index (Phi) is 8.93. The van der Waals surface area contributed by atoms with Crippen molar-refractivity contribution in [2.24, 2.45) is 11.0 Å². The molecule has 10 nitrogen and oxygen atoms in total. The fourth-order valence-corrected chi connectivity index (χ4v) is 11.6. The summed E-state index contributed by atoms with van der Waals surface area (Å²) in [5.41, 5.74) is 4.18. The highest BCUT2D eigenvalue weighted by Gasteiger charge is 2.67. The number of aliphatic hydroxyl groups is 1. The third kappa shape index (κ3) is 5.92. The Morgan fingerprint density at radius 2 is 1.58 bits per heavy atom. The van der Waals surface area contributed by atoms with Crippen molar-refractivity contribution in [1.82, 2.24) is 4.90 Å². The lowest BCUT2D eigenvalue weighted by molar-refractivity contribution is -0.150. The zero-order valence-corrected chi connectivity index (χ0v) is 31.2. The van der Waals surface area contributed by atoms with Crippen LogP contribution in [-0.4, -0.2) is 65.3 Å². The molecular formula is C42H44N4O6Si. The number of para-hydroxylation sites is 1. The summed E-state index contributed by atoms with van der Waals surface area (Å²) in [7, 11) is -3.10. The number of benzene rings is 4. The highest BCUT2D eigenvalue weighted by molar-refractivity contribution is 6.71. The number of ether oxygens (including phenoxy) is 1. The summed E-state index contributed by atoms with van der Waals surface area (Å²) in [6.07, 6.45) is 0.496. The molecule has 2 N–H and O–H groups in total. The van der Waals surface area contributed by atoms with Crippen molar-refractivity contribution in [2.45, 2.75) is 75.5 Å². The largest absolute Gasteiger partial charge is 0.432 e. The number of hydrazone groups is 1. The molecule has 53 heavy (non-hydrogen) atoms. The van der Waals surface area contributed by atoms with Gasteiger partial charge in [-0.05, 0) is 66.5 Å². The van der Waals surface area contributed by atoms with Crippen molar-refractivity contribution in [2.75, 3.05) is 16.5 Å². The van der Waals surface area contributed by atoms with Gasteiger partial charge in [0.25, 0.3) is 5.91 Å². The molecule has 0 radical (unpaired) electrons. The van der Waals surface area contributed by atoms with Crippen LogP contribution in [0.2, 0.25) is 18.6 Å². The molecule has 4 heterocycles. The molecule has 5 atom stereocenters. The van der Waals surface area contributed by atoms with Crippen molar-refractivity contribution in [1.29, 1.82) is 0 Å². The Morgan fingerprint density at radius 1 is 0.906 bits per heavy atom. The first-order valence-corrected chi connectivity index (χ1v) is 21.4. The number of fused-ring (bicyclic) bond motifs is 3. The van der Waals surface area contributed by atoms with Gasteiger partial charge in [-0.3, -0.25) is 19.3 Å². The van der Waals surface area contributed by atoms with Crippen LogP contribution >= 0.6 is 0 Å². The van der Waals surface area contributed by atoms with Gasteiger partial charge in [0.2, 0.25) is 11.8 Å². The minimum atomic E-state index is -3.10. The summed E-state index contributed by atoms with van der Waals surface area (Å²) in [5, 5.41) is 16.6. The molecule has 1 saturated heterocycles. The van der Waals surface area contributed by atoms with Crippen LogP contribution in [0.15, 0.2) is 108 Å². The first kappa shape index (κ1) is 35.1. The van der Waals surface area contributed by atoms with E-state index in [0.717, 1.165) is 22.4 Å². The van der Waals surface area contributed by atoms with E-state index in [1.54, 1.807) is 9.80 Å². The van der Waals surface area contributed by atoms with E-state index in [-0.39, 0.29) is 37.2 Å². The van der Waals surface area contributed by atoms with Gasteiger partial charge < -0.3 is 19.5 Å². The number of aliphatic hydroxyl groups excluding tert-OH is 1. The minimum absolute atomic E-state index is 0.0601. The van der Waals surface area contributed by atoms with Crippen LogP contribution in [0.3, 0.4) is 0 Å². The number of amides is 3. The second-order valence-electron chi connectivity index (χ2n) is 15.2. The summed E-state index contributed by atoms with van der Waals surface area (Å²) < 4.78 is 7.05. The highest BCUT2D eigenvalue weighted by atomic mass is 28.4. The highest BCUT2D eigenvalue weighted by Crippen LogP contribution is 2.61. The number of carbonyl (C=O) groups is 3. The third-order valence-electron chi connectivity index (χ3n) is 11.5. The van der Waals surface area contributed by atoms with Gasteiger partial charge in [0.15, 0.2) is 13.9 Å². The maximum atomic E-state index is 15.1. The Hall–Kier alpha value is -4.94. The average molecular weight is 729 g/mol. The number of rotatable bonds is 7. The lowest BCUT2D eigenvalue weighted by Gasteiger charge is -2.37. The van der Waals surface area contributed by atoms with Crippen LogP contribution in [0.25, 0.3) is 0 Å². The van der Waals surface area contributed by atoms with Gasteiger partial charge in [-0.15, -0.1) is 0 Å². The standard InChI is InChI=1S/C42H44N4O6Si/c1-27-40(53(2,3)51)37(24-39(49)44-25-30-15-11-10-14-29(30)22-33(44)26-47)52-42(27)34-23-32(18-20-36(34)45(41(42)50)31-16-8-5-9-17-31)46-38(48)21-19-35(43-46)28-12-6-4-7-13-28/h4-18,20,23,27,33,37,40,47,51H,19,21-22,24-26H2,1-3H3/t27-,33-,37+,40-,42+/m0/s1. The molecule has 11 heteroatoms. The molecule has 4 aromatic rings. The van der Waals surface area contributed by atoms with Crippen LogP contribution in [-0.2, 0) is 37.7 Å². The van der Waals surface area contributed by atoms with Gasteiger partial charge in [-0.25, -0.2) is 5.01 Å². The third-order valence-corrected chi connectivity index (χ3v) is 14.0. The number of hydrogen-bond acceptors (Lipinski definition) is 7. The summed E-state index contributed by atoms with van der Waals surface area (Å²) >= 11 is 0. The van der Waals surface area contributed by atoms with E-state index in [1.807, 2.05) is 123 Å². The van der Waals surface area contributed by atoms with Gasteiger partial charge in [-0.2, -0.15) is 5.10 Å². The zero-order chi connectivity index (χ0) is 37.1. The fraction of sp³-hybridized carbons (Fsp3) is 0.333. The molecule has 8 rings (SSSR count). The minimum Gasteiger partial charge on any atom is -0.432 e. The normalized spacial score (nSPS) is 25.5. The Bertz CT molecular complexity index is 2100. The number of carbonyl (C=O) groups excluding carboxylic acids is 3. The molecule has 3 amide bonds. The lowest BCUT2D eigenvalue weighted by atomic mass is 9.82. The van der Waals surface area contributed by atoms with E-state index in [2.05, 4.69) is 0 Å². The molecule has 272 valence electrons. The van der Waals surface area contributed by atoms with E-state index in [4.69, 9.17) is 9.84 Å². The van der Waals surface area contributed by atoms with Gasteiger partial charge >= 0.3 is 0 Å². The quantitative estimate of drug-likeness (QED) is 0.224. The zero-order valence-electron chi connectivity index (χ0n) is 30.2. The number of nitrogens with zero attached hydrogens (tertiary/aromatic N) is 4. The summed E-state index contributed by atoms with van der Waals surface area (Å²) in [4.78, 5) is 58.1. The van der Waals surface area contributed by atoms with E-state index in [0.29, 0.717) is 42.0 Å². The SMILES string of the molecule is C[C@H]1[C@H]([Si](C)(C)O)[C@@H](CC(=O)N2Cc3ccccc3C[C@H]2CO)O[C@]12C(=O)N(c1ccccc1)c1ccc(N3N=C(c4ccccc4)CCC3=O)cc12. The molecule has 0 saturated carbocycles. The van der Waals surface area contributed by atoms with E-state index in [1.165, 1.54) is 5.01 Å². The topological polar surface area (TPSA) is 123 Å². The van der Waals surface area contributed by atoms with E-state index < -0.39 is 37.5 Å². The molecule has 0 aliphatic carbocycles.